The molecule has 22 rings (SSSR count). The fraction of sp³-hybridized carbons (Fsp3) is 0.0217. The molecular formula is C92H62Br2FN11O2. The summed E-state index contributed by atoms with van der Waals surface area (Å²) in [4.78, 5) is 44.1. The molecule has 0 atom stereocenters. The predicted molar refractivity (Wildman–Crippen MR) is 449 cm³/mol. The van der Waals surface area contributed by atoms with Gasteiger partial charge in [0.2, 0.25) is 0 Å². The van der Waals surface area contributed by atoms with Gasteiger partial charge in [-0.2, -0.15) is 0 Å². The Bertz CT molecular complexity index is 7030. The van der Waals surface area contributed by atoms with Gasteiger partial charge in [-0.25, -0.2) is 24.3 Å². The molecule has 16 heteroatoms. The molecule has 0 aliphatic rings. The first-order valence-corrected chi connectivity index (χ1v) is 36.9. The number of aromatic nitrogens is 11. The van der Waals surface area contributed by atoms with E-state index in [1.165, 1.54) is 54.5 Å². The third kappa shape index (κ3) is 11.5. The minimum Gasteiger partial charge on any atom is -0.497 e. The van der Waals surface area contributed by atoms with Crippen molar-refractivity contribution in [1.29, 1.82) is 0 Å². The topological polar surface area (TPSA) is 181 Å². The smallest absolute Gasteiger partial charge is 0.142 e. The van der Waals surface area contributed by atoms with Gasteiger partial charge >= 0.3 is 0 Å². The summed E-state index contributed by atoms with van der Waals surface area (Å²) in [5.74, 6) is 4.55. The van der Waals surface area contributed by atoms with Gasteiger partial charge in [-0.1, -0.05) is 232 Å². The molecule has 0 aliphatic heterocycles. The highest BCUT2D eigenvalue weighted by Gasteiger charge is 2.22. The molecule has 518 valence electrons. The first-order chi connectivity index (χ1) is 53.2. The van der Waals surface area contributed by atoms with E-state index in [0.717, 1.165) is 165 Å². The molecule has 108 heavy (non-hydrogen) atoms. The first-order valence-electron chi connectivity index (χ1n) is 35.3. The minimum atomic E-state index is -0.238. The number of fused-ring (bicyclic) bond motifs is 21. The summed E-state index contributed by atoms with van der Waals surface area (Å²) in [6.07, 6.45) is 6.03. The molecule has 7 N–H and O–H groups in total. The molecule has 0 fully saturated rings. The van der Waals surface area contributed by atoms with Crippen LogP contribution in [0.4, 0.5) is 4.39 Å². The van der Waals surface area contributed by atoms with Crippen LogP contribution in [0.5, 0.6) is 11.5 Å². The summed E-state index contributed by atoms with van der Waals surface area (Å²) in [7, 11) is 3.29. The molecule has 7 aromatic heterocycles. The van der Waals surface area contributed by atoms with Crippen LogP contribution >= 0.6 is 31.9 Å². The van der Waals surface area contributed by atoms with Crippen LogP contribution < -0.4 is 9.47 Å². The van der Waals surface area contributed by atoms with Crippen molar-refractivity contribution in [2.45, 2.75) is 0 Å². The number of para-hydroxylation sites is 1. The SMILES string of the molecule is Brc1ccc2[nH]cc(-c3nc4c5ccccc5c5ccccc5c4[nH]3)c2c1.COc1ccc(-c2nc(-c3ccccc3)c(-c3ccccc3)[nH]2)c(OC)c1.Fc1ccc2c(c1)c1ccccc1c1nc(-c3c[nH]c4ccc(Br)cc34)[nH]c21.c1ccc2c(-c3nc4c5ccccc5c5ccccc5c4[nH]3)c[nH]c2c1. The zero-order valence-electron chi connectivity index (χ0n) is 58.0. The number of imidazole rings is 4. The van der Waals surface area contributed by atoms with E-state index in [1.807, 2.05) is 128 Å². The summed E-state index contributed by atoms with van der Waals surface area (Å²) in [5, 5.41) is 17.0. The number of ether oxygens (including phenoxy) is 2. The van der Waals surface area contributed by atoms with Crippen LogP contribution in [0.25, 0.3) is 199 Å². The van der Waals surface area contributed by atoms with Crippen LogP contribution in [0.15, 0.2) is 307 Å². The Morgan fingerprint density at radius 2 is 0.685 bits per heavy atom. The number of halogens is 3. The van der Waals surface area contributed by atoms with Crippen molar-refractivity contribution in [3.8, 4) is 79.6 Å². The van der Waals surface area contributed by atoms with E-state index in [1.54, 1.807) is 20.3 Å². The van der Waals surface area contributed by atoms with Crippen molar-refractivity contribution in [2.75, 3.05) is 14.2 Å². The van der Waals surface area contributed by atoms with Gasteiger partial charge in [-0.05, 0) is 105 Å². The van der Waals surface area contributed by atoms with Gasteiger partial charge in [0.25, 0.3) is 0 Å². The monoisotopic (exact) mass is 1530 g/mol. The Labute approximate surface area is 632 Å². The molecule has 0 bridgehead atoms. The van der Waals surface area contributed by atoms with Crippen molar-refractivity contribution < 1.29 is 13.9 Å². The minimum absolute atomic E-state index is 0.238. The lowest BCUT2D eigenvalue weighted by atomic mass is 10.00. The normalized spacial score (nSPS) is 11.6. The third-order valence-electron chi connectivity index (χ3n) is 20.3. The summed E-state index contributed by atoms with van der Waals surface area (Å²) in [5.41, 5.74) is 17.4. The summed E-state index contributed by atoms with van der Waals surface area (Å²) >= 11 is 7.13. The van der Waals surface area contributed by atoms with Crippen LogP contribution in [0, 0.1) is 5.82 Å². The lowest BCUT2D eigenvalue weighted by molar-refractivity contribution is 0.395. The van der Waals surface area contributed by atoms with Crippen molar-refractivity contribution in [3.63, 3.8) is 0 Å². The Balaban J connectivity index is 0.0000000980. The highest BCUT2D eigenvalue weighted by atomic mass is 79.9. The van der Waals surface area contributed by atoms with Gasteiger partial charge in [-0.15, -0.1) is 0 Å². The van der Waals surface area contributed by atoms with Crippen LogP contribution in [0.3, 0.4) is 0 Å². The van der Waals surface area contributed by atoms with E-state index in [-0.39, 0.29) is 5.82 Å². The van der Waals surface area contributed by atoms with Gasteiger partial charge in [-0.3, -0.25) is 0 Å². The fourth-order valence-electron chi connectivity index (χ4n) is 15.2. The van der Waals surface area contributed by atoms with Crippen LogP contribution in [0.2, 0.25) is 0 Å². The average molecular weight is 1530 g/mol. The van der Waals surface area contributed by atoms with Crippen molar-refractivity contribution in [1.82, 2.24) is 54.8 Å². The first kappa shape index (κ1) is 65.4. The van der Waals surface area contributed by atoms with Crippen LogP contribution in [0.1, 0.15) is 0 Å². The van der Waals surface area contributed by atoms with E-state index in [0.29, 0.717) is 5.75 Å². The van der Waals surface area contributed by atoms with Crippen LogP contribution in [-0.2, 0) is 0 Å². The van der Waals surface area contributed by atoms with Gasteiger partial charge in [0.15, 0.2) is 0 Å². The maximum absolute atomic E-state index is 14.0. The second-order valence-electron chi connectivity index (χ2n) is 26.5. The largest absolute Gasteiger partial charge is 0.497 e. The average Bonchev–Trinajstić information content (AvgIpc) is 1.53. The highest BCUT2D eigenvalue weighted by Crippen LogP contribution is 2.43. The predicted octanol–water partition coefficient (Wildman–Crippen LogP) is 25.1. The molecule has 22 aromatic rings. The fourth-order valence-corrected chi connectivity index (χ4v) is 16.0. The molecule has 15 aromatic carbocycles. The molecule has 0 spiro atoms. The van der Waals surface area contributed by atoms with Gasteiger partial charge in [0, 0.05) is 126 Å². The van der Waals surface area contributed by atoms with Crippen LogP contribution in [-0.4, -0.2) is 69.0 Å². The molecule has 7 heterocycles. The molecule has 0 saturated heterocycles. The number of hydrogen-bond acceptors (Lipinski definition) is 6. The Morgan fingerprint density at radius 1 is 0.296 bits per heavy atom. The summed E-state index contributed by atoms with van der Waals surface area (Å²) in [6.45, 7) is 0. The number of H-pyrrole nitrogens is 7. The number of aromatic amines is 7. The second-order valence-corrected chi connectivity index (χ2v) is 28.3. The van der Waals surface area contributed by atoms with Crippen molar-refractivity contribution in [3.05, 3.63) is 312 Å². The number of benzene rings is 15. The quantitative estimate of drug-likeness (QED) is 0.0744. The van der Waals surface area contributed by atoms with Gasteiger partial charge in [0.1, 0.15) is 40.6 Å². The zero-order valence-corrected chi connectivity index (χ0v) is 61.2. The standard InChI is InChI=1S/C23H13BrFN3.C23H14BrN3.C23H15N3.C23H20N2O2/c24-12-5-8-20-18(9-12)19(11-26-20)23-27-21-15-4-2-1-3-14(15)17-10-13(25)6-7-16(17)22(21)28-23;24-13-9-10-20-18(11-13)19(12-25-20)23-26-21-16-7-3-1-5-14(16)15-6-2-4-8-17(15)22(21)27-23;1-3-10-17-14(7-1)15-8-2-4-11-18(15)22-21(17)25-23(26-22)19-13-24-20-12-6-5-9-16(19)20;1-26-18-13-14-19(20(15-18)27-2)23-24-21(16-9-5-3-6-10-16)22(25-23)17-11-7-4-8-12-17/h1-11,26H,(H,27,28);1-12,25H,(H,26,27);1-13,24H,(H,25,26);3-15H,1-2H3,(H,24,25). The van der Waals surface area contributed by atoms with E-state index in [2.05, 4.69) is 224 Å². The molecule has 0 amide bonds. The van der Waals surface area contributed by atoms with E-state index >= 15 is 0 Å². The van der Waals surface area contributed by atoms with Crippen molar-refractivity contribution in [2.24, 2.45) is 0 Å². The Hall–Kier alpha value is -13.4. The lowest BCUT2D eigenvalue weighted by Gasteiger charge is -2.08. The molecule has 0 unspecified atom stereocenters. The number of hydrogen-bond donors (Lipinski definition) is 7. The molecule has 0 aliphatic carbocycles. The molecule has 13 nitrogen and oxygen atoms in total. The second kappa shape index (κ2) is 27.3. The summed E-state index contributed by atoms with van der Waals surface area (Å²) < 4.78 is 26.9. The van der Waals surface area contributed by atoms with Crippen molar-refractivity contribution >= 4 is 162 Å². The number of nitrogens with one attached hydrogen (secondary N) is 7. The molecular weight excluding hydrogens is 1470 g/mol. The van der Waals surface area contributed by atoms with Gasteiger partial charge in [0.05, 0.1) is 64.3 Å². The summed E-state index contributed by atoms with van der Waals surface area (Å²) in [6, 6.07) is 93.8. The zero-order chi connectivity index (χ0) is 72.5. The number of rotatable bonds is 8. The molecule has 0 radical (unpaired) electrons. The number of nitrogens with zero attached hydrogens (tertiary/aromatic N) is 4. The van der Waals surface area contributed by atoms with E-state index in [9.17, 15) is 4.39 Å². The molecule has 0 saturated carbocycles. The number of methoxy groups -OCH3 is 2. The lowest BCUT2D eigenvalue weighted by Crippen LogP contribution is -1.91. The van der Waals surface area contributed by atoms with Gasteiger partial charge < -0.3 is 44.4 Å². The Morgan fingerprint density at radius 3 is 1.17 bits per heavy atom. The highest BCUT2D eigenvalue weighted by molar-refractivity contribution is 9.10. The maximum Gasteiger partial charge on any atom is 0.142 e. The maximum atomic E-state index is 14.0. The Kier molecular flexibility index (Phi) is 16.5. The third-order valence-corrected chi connectivity index (χ3v) is 21.3. The van der Waals surface area contributed by atoms with E-state index < -0.39 is 0 Å². The van der Waals surface area contributed by atoms with E-state index in [4.69, 9.17) is 29.4 Å².